The van der Waals surface area contributed by atoms with Gasteiger partial charge in [-0.15, -0.1) is 0 Å². The molecular formula is C30H46O4. The predicted molar refractivity (Wildman–Crippen MR) is 133 cm³/mol. The predicted octanol–water partition coefficient (Wildman–Crippen LogP) is 6.88. The molecule has 0 radical (unpaired) electrons. The molecule has 5 rings (SSSR count). The minimum absolute atomic E-state index is 0.0666. The lowest BCUT2D eigenvalue weighted by atomic mass is 9.37. The SMILES string of the molecule is C=C(C)C1CC[C@]2(C(=O)O)CCC3C(CCC4[C@@]3(C)CCC3[C@@H](C)[C@@H](OC(C)=O)CC[C@@]34C)C12. The maximum absolute atomic E-state index is 12.7. The summed E-state index contributed by atoms with van der Waals surface area (Å²) in [5.74, 6) is 2.80. The zero-order chi connectivity index (χ0) is 24.6. The van der Waals surface area contributed by atoms with Crippen molar-refractivity contribution in [2.45, 2.75) is 105 Å². The van der Waals surface area contributed by atoms with Crippen molar-refractivity contribution < 1.29 is 19.4 Å². The van der Waals surface area contributed by atoms with Gasteiger partial charge >= 0.3 is 11.9 Å². The van der Waals surface area contributed by atoms with Crippen LogP contribution in [0.15, 0.2) is 12.2 Å². The summed E-state index contributed by atoms with van der Waals surface area (Å²) >= 11 is 0. The van der Waals surface area contributed by atoms with Gasteiger partial charge in [-0.25, -0.2) is 0 Å². The molecule has 5 saturated carbocycles. The molecule has 0 spiro atoms. The van der Waals surface area contributed by atoms with E-state index in [9.17, 15) is 14.7 Å². The Morgan fingerprint density at radius 1 is 0.882 bits per heavy atom. The van der Waals surface area contributed by atoms with E-state index in [1.165, 1.54) is 31.3 Å². The summed E-state index contributed by atoms with van der Waals surface area (Å²) in [4.78, 5) is 24.4. The first-order valence-electron chi connectivity index (χ1n) is 14.0. The van der Waals surface area contributed by atoms with E-state index in [1.807, 2.05) is 0 Å². The average Bonchev–Trinajstić information content (AvgIpc) is 3.17. The standard InChI is InChI=1S/C30H46O4/c1-17(2)20-9-15-30(27(32)33)16-11-23-21(26(20)30)7-8-25-28(5)14-12-24(34-19(4)31)18(3)22(28)10-13-29(23,25)6/h18,20-26H,1,7-16H2,2-6H3,(H,32,33)/t18-,20?,21?,22?,23?,24+,25?,26?,28+,29+,30+/m1/s1. The summed E-state index contributed by atoms with van der Waals surface area (Å²) in [7, 11) is 0. The van der Waals surface area contributed by atoms with E-state index in [0.717, 1.165) is 38.5 Å². The van der Waals surface area contributed by atoms with Crippen molar-refractivity contribution >= 4 is 11.9 Å². The first-order chi connectivity index (χ1) is 16.0. The molecule has 4 heteroatoms. The Morgan fingerprint density at radius 2 is 1.50 bits per heavy atom. The van der Waals surface area contributed by atoms with Crippen LogP contribution in [-0.2, 0) is 14.3 Å². The highest BCUT2D eigenvalue weighted by Crippen LogP contribution is 2.72. The van der Waals surface area contributed by atoms with Crippen LogP contribution in [0.3, 0.4) is 0 Å². The molecule has 0 aromatic carbocycles. The van der Waals surface area contributed by atoms with E-state index >= 15 is 0 Å². The van der Waals surface area contributed by atoms with Crippen LogP contribution in [0.25, 0.3) is 0 Å². The number of carbonyl (C=O) groups excluding carboxylic acids is 1. The van der Waals surface area contributed by atoms with Gasteiger partial charge in [-0.2, -0.15) is 0 Å². The van der Waals surface area contributed by atoms with Crippen LogP contribution in [0.5, 0.6) is 0 Å². The minimum atomic E-state index is -0.541. The second kappa shape index (κ2) is 8.10. The van der Waals surface area contributed by atoms with Crippen molar-refractivity contribution in [2.24, 2.45) is 57.7 Å². The van der Waals surface area contributed by atoms with Crippen molar-refractivity contribution in [3.05, 3.63) is 12.2 Å². The van der Waals surface area contributed by atoms with Gasteiger partial charge in [0.2, 0.25) is 0 Å². The van der Waals surface area contributed by atoms with Gasteiger partial charge < -0.3 is 9.84 Å². The fourth-order valence-electron chi connectivity index (χ4n) is 11.2. The monoisotopic (exact) mass is 470 g/mol. The Balaban J connectivity index is 1.45. The second-order valence-corrected chi connectivity index (χ2v) is 13.6. The van der Waals surface area contributed by atoms with E-state index in [0.29, 0.717) is 40.9 Å². The molecule has 0 aromatic heterocycles. The summed E-state index contributed by atoms with van der Waals surface area (Å²) < 4.78 is 5.76. The number of ether oxygens (including phenoxy) is 1. The van der Waals surface area contributed by atoms with Crippen molar-refractivity contribution in [3.8, 4) is 0 Å². The maximum Gasteiger partial charge on any atom is 0.309 e. The number of esters is 1. The Labute approximate surface area is 206 Å². The van der Waals surface area contributed by atoms with Crippen molar-refractivity contribution in [3.63, 3.8) is 0 Å². The number of carboxylic acids is 1. The van der Waals surface area contributed by atoms with Crippen molar-refractivity contribution in [1.29, 1.82) is 0 Å². The largest absolute Gasteiger partial charge is 0.481 e. The molecule has 0 amide bonds. The third-order valence-electron chi connectivity index (χ3n) is 12.5. The quantitative estimate of drug-likeness (QED) is 0.361. The molecule has 0 bridgehead atoms. The molecule has 4 nitrogen and oxygen atoms in total. The van der Waals surface area contributed by atoms with Gasteiger partial charge in [0.15, 0.2) is 0 Å². The van der Waals surface area contributed by atoms with E-state index < -0.39 is 11.4 Å². The van der Waals surface area contributed by atoms with E-state index in [2.05, 4.69) is 34.3 Å². The number of hydrogen-bond donors (Lipinski definition) is 1. The Hall–Kier alpha value is -1.32. The smallest absolute Gasteiger partial charge is 0.309 e. The molecule has 0 aromatic rings. The average molecular weight is 471 g/mol. The Kier molecular flexibility index (Phi) is 5.81. The van der Waals surface area contributed by atoms with Gasteiger partial charge in [0.25, 0.3) is 0 Å². The Bertz CT molecular complexity index is 879. The van der Waals surface area contributed by atoms with Crippen molar-refractivity contribution in [1.82, 2.24) is 0 Å². The molecular weight excluding hydrogens is 424 g/mol. The molecule has 0 aliphatic heterocycles. The van der Waals surface area contributed by atoms with Crippen LogP contribution in [0.4, 0.5) is 0 Å². The minimum Gasteiger partial charge on any atom is -0.481 e. The molecule has 0 heterocycles. The number of aliphatic carboxylic acids is 1. The van der Waals surface area contributed by atoms with Crippen LogP contribution < -0.4 is 0 Å². The first-order valence-corrected chi connectivity index (χ1v) is 14.0. The third-order valence-corrected chi connectivity index (χ3v) is 12.5. The zero-order valence-electron chi connectivity index (χ0n) is 22.1. The zero-order valence-corrected chi connectivity index (χ0v) is 22.1. The highest BCUT2D eigenvalue weighted by molar-refractivity contribution is 5.76. The van der Waals surface area contributed by atoms with Crippen LogP contribution in [-0.4, -0.2) is 23.1 Å². The highest BCUT2D eigenvalue weighted by atomic mass is 16.5. The molecule has 5 aliphatic carbocycles. The van der Waals surface area contributed by atoms with Gasteiger partial charge in [0.1, 0.15) is 6.10 Å². The molecule has 34 heavy (non-hydrogen) atoms. The first kappa shape index (κ1) is 24.4. The van der Waals surface area contributed by atoms with Crippen molar-refractivity contribution in [2.75, 3.05) is 0 Å². The maximum atomic E-state index is 12.7. The lowest BCUT2D eigenvalue weighted by Crippen LogP contribution is -2.62. The highest BCUT2D eigenvalue weighted by Gasteiger charge is 2.67. The van der Waals surface area contributed by atoms with Crippen LogP contribution in [0.2, 0.25) is 0 Å². The number of carbonyl (C=O) groups is 2. The number of hydrogen-bond acceptors (Lipinski definition) is 3. The van der Waals surface area contributed by atoms with Gasteiger partial charge in [0, 0.05) is 6.92 Å². The molecule has 5 aliphatic rings. The van der Waals surface area contributed by atoms with E-state index in [1.54, 1.807) is 6.92 Å². The third kappa shape index (κ3) is 3.22. The summed E-state index contributed by atoms with van der Waals surface area (Å²) in [6.45, 7) is 15.5. The Morgan fingerprint density at radius 3 is 2.15 bits per heavy atom. The molecule has 190 valence electrons. The lowest BCUT2D eigenvalue weighted by molar-refractivity contribution is -0.205. The van der Waals surface area contributed by atoms with Gasteiger partial charge in [0.05, 0.1) is 5.41 Å². The topological polar surface area (TPSA) is 63.6 Å². The normalized spacial score (nSPS) is 51.9. The summed E-state index contributed by atoms with van der Waals surface area (Å²) in [6.07, 6.45) is 10.8. The molecule has 11 atom stereocenters. The second-order valence-electron chi connectivity index (χ2n) is 13.6. The number of carboxylic acid groups (broad SMARTS) is 1. The van der Waals surface area contributed by atoms with Gasteiger partial charge in [-0.3, -0.25) is 9.59 Å². The van der Waals surface area contributed by atoms with Crippen LogP contribution in [0.1, 0.15) is 98.8 Å². The number of allylic oxidation sites excluding steroid dienone is 1. The number of rotatable bonds is 3. The molecule has 6 unspecified atom stereocenters. The summed E-state index contributed by atoms with van der Waals surface area (Å²) in [5.41, 5.74) is 1.26. The lowest BCUT2D eigenvalue weighted by Gasteiger charge is -2.67. The van der Waals surface area contributed by atoms with E-state index in [-0.39, 0.29) is 23.4 Å². The molecule has 0 saturated heterocycles. The fraction of sp³-hybridized carbons (Fsp3) is 0.867. The van der Waals surface area contributed by atoms with Crippen LogP contribution >= 0.6 is 0 Å². The van der Waals surface area contributed by atoms with E-state index in [4.69, 9.17) is 4.74 Å². The summed E-state index contributed by atoms with van der Waals surface area (Å²) in [6, 6.07) is 0. The summed E-state index contributed by atoms with van der Waals surface area (Å²) in [5, 5.41) is 10.4. The van der Waals surface area contributed by atoms with Gasteiger partial charge in [-0.05, 0) is 123 Å². The molecule has 5 fully saturated rings. The molecule has 1 N–H and O–H groups in total. The number of fused-ring (bicyclic) bond motifs is 7. The van der Waals surface area contributed by atoms with Crippen LogP contribution in [0, 0.1) is 57.7 Å². The fourth-order valence-corrected chi connectivity index (χ4v) is 11.2. The van der Waals surface area contributed by atoms with Gasteiger partial charge in [-0.1, -0.05) is 32.9 Å².